The molecule has 1 N–H and O–H groups in total. The number of pyridine rings is 1. The largest absolute Gasteiger partial charge is 0.379 e. The summed E-state index contributed by atoms with van der Waals surface area (Å²) in [4.78, 5) is 18.1. The molecule has 1 aromatic carbocycles. The highest BCUT2D eigenvalue weighted by atomic mass is 35.5. The van der Waals surface area contributed by atoms with Gasteiger partial charge in [-0.05, 0) is 25.1 Å². The summed E-state index contributed by atoms with van der Waals surface area (Å²) in [5, 5.41) is 15.7. The smallest absolute Gasteiger partial charge is 0.267 e. The Bertz CT molecular complexity index is 1020. The Balaban J connectivity index is 1.45. The molecule has 0 unspecified atom stereocenters. The predicted octanol–water partition coefficient (Wildman–Crippen LogP) is 2.58. The molecular weight excluding hydrogens is 354 g/mol. The number of hydrogen-bond donors (Lipinski definition) is 1. The van der Waals surface area contributed by atoms with E-state index in [2.05, 4.69) is 20.7 Å². The quantitative estimate of drug-likeness (QED) is 0.766. The molecule has 0 radical (unpaired) electrons. The van der Waals surface area contributed by atoms with Gasteiger partial charge in [0.25, 0.3) is 5.91 Å². The van der Waals surface area contributed by atoms with Gasteiger partial charge in [-0.2, -0.15) is 0 Å². The van der Waals surface area contributed by atoms with E-state index in [4.69, 9.17) is 16.4 Å². The third-order valence-electron chi connectivity index (χ3n) is 4.32. The zero-order valence-electron chi connectivity index (χ0n) is 14.0. The molecule has 0 fully saturated rings. The van der Waals surface area contributed by atoms with Gasteiger partial charge in [-0.3, -0.25) is 9.20 Å². The van der Waals surface area contributed by atoms with Gasteiger partial charge < -0.3 is 10.2 Å². The van der Waals surface area contributed by atoms with Crippen molar-refractivity contribution in [2.75, 3.05) is 0 Å². The summed E-state index contributed by atoms with van der Waals surface area (Å²) in [7, 11) is 0. The van der Waals surface area contributed by atoms with Gasteiger partial charge in [-0.1, -0.05) is 41.0 Å². The molecule has 1 atom stereocenters. The SMILES string of the molecule is C[C@]1(C(=O)NCc2nnc3ccccn23)CC(c2ccccc2Cl)=NO1. The fourth-order valence-electron chi connectivity index (χ4n) is 2.86. The number of nitrogens with zero attached hydrogens (tertiary/aromatic N) is 4. The first-order chi connectivity index (χ1) is 12.6. The van der Waals surface area contributed by atoms with E-state index in [1.807, 2.05) is 47.0 Å². The molecule has 1 aliphatic rings. The van der Waals surface area contributed by atoms with Crippen LogP contribution in [0.2, 0.25) is 5.02 Å². The minimum Gasteiger partial charge on any atom is -0.379 e. The van der Waals surface area contributed by atoms with Gasteiger partial charge in [0, 0.05) is 23.2 Å². The molecule has 0 spiro atoms. The first-order valence-corrected chi connectivity index (χ1v) is 8.51. The Morgan fingerprint density at radius 2 is 2.08 bits per heavy atom. The number of rotatable bonds is 4. The van der Waals surface area contributed by atoms with Gasteiger partial charge in [-0.15, -0.1) is 10.2 Å². The second-order valence-electron chi connectivity index (χ2n) is 6.24. The normalized spacial score (nSPS) is 19.2. The van der Waals surface area contributed by atoms with Gasteiger partial charge >= 0.3 is 0 Å². The number of carbonyl (C=O) groups excluding carboxylic acids is 1. The van der Waals surface area contributed by atoms with Crippen LogP contribution < -0.4 is 5.32 Å². The molecule has 1 amide bonds. The number of oxime groups is 1. The van der Waals surface area contributed by atoms with Crippen molar-refractivity contribution in [2.24, 2.45) is 5.16 Å². The highest BCUT2D eigenvalue weighted by Gasteiger charge is 2.42. The van der Waals surface area contributed by atoms with E-state index >= 15 is 0 Å². The van der Waals surface area contributed by atoms with E-state index in [1.165, 1.54) is 0 Å². The van der Waals surface area contributed by atoms with Crippen LogP contribution in [0.25, 0.3) is 5.65 Å². The second kappa shape index (κ2) is 6.42. The van der Waals surface area contributed by atoms with Crippen molar-refractivity contribution in [3.8, 4) is 0 Å². The number of fused-ring (bicyclic) bond motifs is 1. The summed E-state index contributed by atoms with van der Waals surface area (Å²) in [6, 6.07) is 13.0. The van der Waals surface area contributed by atoms with E-state index in [0.717, 1.165) is 11.2 Å². The Hall–Kier alpha value is -2.93. The number of benzene rings is 1. The molecule has 2 aromatic heterocycles. The fourth-order valence-corrected chi connectivity index (χ4v) is 3.10. The van der Waals surface area contributed by atoms with Crippen LogP contribution in [-0.2, 0) is 16.2 Å². The van der Waals surface area contributed by atoms with E-state index in [0.29, 0.717) is 23.0 Å². The lowest BCUT2D eigenvalue weighted by Crippen LogP contribution is -2.44. The van der Waals surface area contributed by atoms with E-state index < -0.39 is 5.60 Å². The molecule has 8 heteroatoms. The van der Waals surface area contributed by atoms with E-state index in [-0.39, 0.29) is 12.5 Å². The average Bonchev–Trinajstić information content (AvgIpc) is 3.25. The monoisotopic (exact) mass is 369 g/mol. The maximum Gasteiger partial charge on any atom is 0.267 e. The van der Waals surface area contributed by atoms with Crippen LogP contribution in [0.3, 0.4) is 0 Å². The minimum atomic E-state index is -1.09. The van der Waals surface area contributed by atoms with Gasteiger partial charge in [0.2, 0.25) is 5.60 Å². The third kappa shape index (κ3) is 2.90. The molecular formula is C18H16ClN5O2. The molecule has 7 nitrogen and oxygen atoms in total. The maximum atomic E-state index is 12.7. The number of carbonyl (C=O) groups is 1. The first kappa shape index (κ1) is 16.5. The molecule has 26 heavy (non-hydrogen) atoms. The lowest BCUT2D eigenvalue weighted by Gasteiger charge is -2.20. The van der Waals surface area contributed by atoms with Gasteiger partial charge in [0.15, 0.2) is 11.5 Å². The zero-order chi connectivity index (χ0) is 18.1. The first-order valence-electron chi connectivity index (χ1n) is 8.14. The van der Waals surface area contributed by atoms with Gasteiger partial charge in [0.1, 0.15) is 0 Å². The third-order valence-corrected chi connectivity index (χ3v) is 4.65. The lowest BCUT2D eigenvalue weighted by atomic mass is 9.95. The van der Waals surface area contributed by atoms with Crippen molar-refractivity contribution in [3.05, 3.63) is 65.1 Å². The number of hydrogen-bond acceptors (Lipinski definition) is 5. The van der Waals surface area contributed by atoms with Crippen molar-refractivity contribution in [3.63, 3.8) is 0 Å². The van der Waals surface area contributed by atoms with E-state index in [9.17, 15) is 4.79 Å². The van der Waals surface area contributed by atoms with Crippen LogP contribution in [0.4, 0.5) is 0 Å². The Labute approximate surface area is 154 Å². The summed E-state index contributed by atoms with van der Waals surface area (Å²) in [6.45, 7) is 1.95. The molecule has 3 heterocycles. The van der Waals surface area contributed by atoms with Crippen molar-refractivity contribution in [1.82, 2.24) is 19.9 Å². The summed E-state index contributed by atoms with van der Waals surface area (Å²) in [5.41, 5.74) is 1.06. The fraction of sp³-hybridized carbons (Fsp3) is 0.222. The van der Waals surface area contributed by atoms with Crippen molar-refractivity contribution in [2.45, 2.75) is 25.5 Å². The molecule has 0 aliphatic carbocycles. The average molecular weight is 370 g/mol. The van der Waals surface area contributed by atoms with Crippen LogP contribution in [-0.4, -0.2) is 31.8 Å². The zero-order valence-corrected chi connectivity index (χ0v) is 14.8. The van der Waals surface area contributed by atoms with Crippen LogP contribution in [0.15, 0.2) is 53.8 Å². The minimum absolute atomic E-state index is 0.240. The van der Waals surface area contributed by atoms with Crippen molar-refractivity contribution in [1.29, 1.82) is 0 Å². The Morgan fingerprint density at radius 1 is 1.27 bits per heavy atom. The molecule has 0 saturated heterocycles. The standard InChI is InChI=1S/C18H16ClN5O2/c1-18(10-14(23-26-18)12-6-2-3-7-13(12)19)17(25)20-11-16-22-21-15-8-4-5-9-24(15)16/h2-9H,10-11H2,1H3,(H,20,25)/t18-/m1/s1. The highest BCUT2D eigenvalue weighted by Crippen LogP contribution is 2.29. The molecule has 4 rings (SSSR count). The number of aromatic nitrogens is 3. The molecule has 3 aromatic rings. The van der Waals surface area contributed by atoms with Crippen molar-refractivity contribution >= 4 is 28.9 Å². The molecule has 132 valence electrons. The van der Waals surface area contributed by atoms with Crippen LogP contribution in [0, 0.1) is 0 Å². The number of amides is 1. The van der Waals surface area contributed by atoms with E-state index in [1.54, 1.807) is 13.0 Å². The molecule has 0 bridgehead atoms. The number of halogens is 1. The van der Waals surface area contributed by atoms with Crippen LogP contribution in [0.1, 0.15) is 24.7 Å². The topological polar surface area (TPSA) is 80.9 Å². The van der Waals surface area contributed by atoms with Gasteiger partial charge in [0.05, 0.1) is 12.3 Å². The number of nitrogens with one attached hydrogen (secondary N) is 1. The Kier molecular flexibility index (Phi) is 4.08. The predicted molar refractivity (Wildman–Crippen MR) is 96.9 cm³/mol. The summed E-state index contributed by atoms with van der Waals surface area (Å²) in [5.74, 6) is 0.374. The van der Waals surface area contributed by atoms with Crippen LogP contribution >= 0.6 is 11.6 Å². The molecule has 0 saturated carbocycles. The second-order valence-corrected chi connectivity index (χ2v) is 6.65. The summed E-state index contributed by atoms with van der Waals surface area (Å²) in [6.07, 6.45) is 2.19. The highest BCUT2D eigenvalue weighted by molar-refractivity contribution is 6.34. The molecule has 1 aliphatic heterocycles. The van der Waals surface area contributed by atoms with Gasteiger partial charge in [-0.25, -0.2) is 0 Å². The van der Waals surface area contributed by atoms with Crippen molar-refractivity contribution < 1.29 is 9.63 Å². The lowest BCUT2D eigenvalue weighted by molar-refractivity contribution is -0.141. The Morgan fingerprint density at radius 3 is 2.92 bits per heavy atom. The summed E-state index contributed by atoms with van der Waals surface area (Å²) >= 11 is 6.21. The van der Waals surface area contributed by atoms with Crippen LogP contribution in [0.5, 0.6) is 0 Å². The maximum absolute atomic E-state index is 12.7. The summed E-state index contributed by atoms with van der Waals surface area (Å²) < 4.78 is 1.82.